The van der Waals surface area contributed by atoms with E-state index in [1.165, 1.54) is 11.3 Å². The monoisotopic (exact) mass is 449 g/mol. The van der Waals surface area contributed by atoms with Gasteiger partial charge in [-0.3, -0.25) is 10.1 Å². The Kier molecular flexibility index (Phi) is 6.27. The van der Waals surface area contributed by atoms with Crippen LogP contribution in [-0.4, -0.2) is 35.7 Å². The maximum atomic E-state index is 12.6. The summed E-state index contributed by atoms with van der Waals surface area (Å²) >= 11 is 1.28. The Bertz CT molecular complexity index is 1230. The number of esters is 1. The largest absolute Gasteiger partial charge is 0.497 e. The highest BCUT2D eigenvalue weighted by Crippen LogP contribution is 2.27. The molecule has 8 nitrogen and oxygen atoms in total. The number of carbonyl (C=O) groups is 2. The number of nitrogens with one attached hydrogen (secondary N) is 1. The molecule has 0 saturated carbocycles. The lowest BCUT2D eigenvalue weighted by Gasteiger charge is -2.05. The smallest absolute Gasteiger partial charge is 0.344 e. The van der Waals surface area contributed by atoms with E-state index in [-0.39, 0.29) is 5.56 Å². The number of aryl methyl sites for hydroxylation is 1. The SMILES string of the molecule is COc1ccc(-c2csc(NC(=O)COC(=O)c3c(-c4ccccc4)noc3C)n2)cc1. The van der Waals surface area contributed by atoms with Crippen LogP contribution in [0.15, 0.2) is 64.5 Å². The number of amides is 1. The molecule has 1 N–H and O–H groups in total. The van der Waals surface area contributed by atoms with Crippen LogP contribution in [0, 0.1) is 6.92 Å². The van der Waals surface area contributed by atoms with Gasteiger partial charge in [0.25, 0.3) is 5.91 Å². The van der Waals surface area contributed by atoms with E-state index in [2.05, 4.69) is 15.5 Å². The van der Waals surface area contributed by atoms with E-state index in [1.54, 1.807) is 14.0 Å². The Labute approximate surface area is 187 Å². The number of ether oxygens (including phenoxy) is 2. The van der Waals surface area contributed by atoms with E-state index < -0.39 is 18.5 Å². The van der Waals surface area contributed by atoms with Crippen molar-refractivity contribution in [1.82, 2.24) is 10.1 Å². The van der Waals surface area contributed by atoms with Gasteiger partial charge in [-0.15, -0.1) is 11.3 Å². The van der Waals surface area contributed by atoms with Crippen LogP contribution in [0.4, 0.5) is 5.13 Å². The molecule has 4 aromatic rings. The summed E-state index contributed by atoms with van der Waals surface area (Å²) in [5.74, 6) is -0.115. The lowest BCUT2D eigenvalue weighted by Crippen LogP contribution is -2.21. The number of benzene rings is 2. The van der Waals surface area contributed by atoms with E-state index in [1.807, 2.05) is 60.0 Å². The molecule has 0 aliphatic rings. The summed E-state index contributed by atoms with van der Waals surface area (Å²) < 4.78 is 15.5. The van der Waals surface area contributed by atoms with E-state index in [0.717, 1.165) is 22.6 Å². The van der Waals surface area contributed by atoms with E-state index in [9.17, 15) is 9.59 Å². The van der Waals surface area contributed by atoms with Crippen molar-refractivity contribution in [3.8, 4) is 28.3 Å². The first-order valence-corrected chi connectivity index (χ1v) is 10.5. The van der Waals surface area contributed by atoms with Crippen LogP contribution in [0.25, 0.3) is 22.5 Å². The molecule has 162 valence electrons. The van der Waals surface area contributed by atoms with Crippen LogP contribution >= 0.6 is 11.3 Å². The van der Waals surface area contributed by atoms with Crippen molar-refractivity contribution in [2.45, 2.75) is 6.92 Å². The van der Waals surface area contributed by atoms with Gasteiger partial charge in [0.05, 0.1) is 12.8 Å². The summed E-state index contributed by atoms with van der Waals surface area (Å²) in [6.07, 6.45) is 0. The molecule has 0 aliphatic carbocycles. The number of rotatable bonds is 7. The van der Waals surface area contributed by atoms with Crippen molar-refractivity contribution >= 4 is 28.3 Å². The Morgan fingerprint density at radius 3 is 2.53 bits per heavy atom. The molecule has 32 heavy (non-hydrogen) atoms. The molecule has 0 spiro atoms. The number of aromatic nitrogens is 2. The van der Waals surface area contributed by atoms with Crippen LogP contribution in [0.5, 0.6) is 5.75 Å². The van der Waals surface area contributed by atoms with Crippen molar-refractivity contribution in [1.29, 1.82) is 0 Å². The van der Waals surface area contributed by atoms with E-state index >= 15 is 0 Å². The minimum Gasteiger partial charge on any atom is -0.497 e. The Balaban J connectivity index is 1.37. The minimum absolute atomic E-state index is 0.194. The summed E-state index contributed by atoms with van der Waals surface area (Å²) in [5, 5.41) is 8.83. The highest BCUT2D eigenvalue weighted by Gasteiger charge is 2.23. The number of hydrogen-bond donors (Lipinski definition) is 1. The fourth-order valence-electron chi connectivity index (χ4n) is 2.99. The van der Waals surface area contributed by atoms with Crippen molar-refractivity contribution in [2.24, 2.45) is 0 Å². The van der Waals surface area contributed by atoms with Gasteiger partial charge in [-0.2, -0.15) is 0 Å². The predicted octanol–water partition coefficient (Wildman–Crippen LogP) is 4.58. The second-order valence-corrected chi connectivity index (χ2v) is 7.58. The second kappa shape index (κ2) is 9.44. The minimum atomic E-state index is -0.684. The van der Waals surface area contributed by atoms with Crippen molar-refractivity contribution in [3.63, 3.8) is 0 Å². The molecule has 9 heteroatoms. The summed E-state index contributed by atoms with van der Waals surface area (Å²) in [7, 11) is 1.60. The maximum Gasteiger partial charge on any atom is 0.344 e. The van der Waals surface area contributed by atoms with Gasteiger partial charge in [-0.05, 0) is 31.2 Å². The molecule has 0 unspecified atom stereocenters. The Morgan fingerprint density at radius 1 is 1.06 bits per heavy atom. The first kappa shape index (κ1) is 21.3. The van der Waals surface area contributed by atoms with Gasteiger partial charge in [0, 0.05) is 16.5 Å². The van der Waals surface area contributed by atoms with E-state index in [4.69, 9.17) is 14.0 Å². The third-order valence-electron chi connectivity index (χ3n) is 4.58. The van der Waals surface area contributed by atoms with Gasteiger partial charge in [0.15, 0.2) is 11.7 Å². The third kappa shape index (κ3) is 4.68. The summed E-state index contributed by atoms with van der Waals surface area (Å²) in [5.41, 5.74) is 2.90. The molecule has 1 amide bonds. The molecule has 2 aromatic carbocycles. The average Bonchev–Trinajstić information content (AvgIpc) is 3.45. The zero-order valence-corrected chi connectivity index (χ0v) is 18.1. The first-order chi connectivity index (χ1) is 15.5. The van der Waals surface area contributed by atoms with Crippen LogP contribution in [-0.2, 0) is 9.53 Å². The zero-order chi connectivity index (χ0) is 22.5. The first-order valence-electron chi connectivity index (χ1n) is 9.64. The average molecular weight is 449 g/mol. The fourth-order valence-corrected chi connectivity index (χ4v) is 3.73. The lowest BCUT2D eigenvalue weighted by molar-refractivity contribution is -0.119. The molecule has 0 saturated heterocycles. The fraction of sp³-hybridized carbons (Fsp3) is 0.130. The Morgan fingerprint density at radius 2 is 1.81 bits per heavy atom. The molecular formula is C23H19N3O5S. The Hall–Kier alpha value is -3.98. The van der Waals surface area contributed by atoms with Gasteiger partial charge in [-0.1, -0.05) is 35.5 Å². The quantitative estimate of drug-likeness (QED) is 0.412. The topological polar surface area (TPSA) is 104 Å². The van der Waals surface area contributed by atoms with Crippen molar-refractivity contribution in [2.75, 3.05) is 19.0 Å². The summed E-state index contributed by atoms with van der Waals surface area (Å²) in [4.78, 5) is 29.3. The van der Waals surface area contributed by atoms with Crippen LogP contribution in [0.2, 0.25) is 0 Å². The molecule has 2 aromatic heterocycles. The van der Waals surface area contributed by atoms with Gasteiger partial charge in [0.1, 0.15) is 22.8 Å². The molecule has 0 atom stereocenters. The molecule has 0 radical (unpaired) electrons. The molecule has 0 fully saturated rings. The highest BCUT2D eigenvalue weighted by atomic mass is 32.1. The maximum absolute atomic E-state index is 12.6. The molecule has 2 heterocycles. The third-order valence-corrected chi connectivity index (χ3v) is 5.34. The van der Waals surface area contributed by atoms with Crippen molar-refractivity contribution in [3.05, 3.63) is 71.3 Å². The summed E-state index contributed by atoms with van der Waals surface area (Å²) in [6.45, 7) is 1.15. The number of nitrogens with zero attached hydrogens (tertiary/aromatic N) is 2. The van der Waals surface area contributed by atoms with E-state index in [0.29, 0.717) is 16.6 Å². The van der Waals surface area contributed by atoms with Gasteiger partial charge >= 0.3 is 5.97 Å². The number of methoxy groups -OCH3 is 1. The molecular weight excluding hydrogens is 430 g/mol. The van der Waals surface area contributed by atoms with Crippen molar-refractivity contribution < 1.29 is 23.6 Å². The number of hydrogen-bond acceptors (Lipinski definition) is 8. The van der Waals surface area contributed by atoms with Gasteiger partial charge in [-0.25, -0.2) is 9.78 Å². The predicted molar refractivity (Wildman–Crippen MR) is 120 cm³/mol. The lowest BCUT2D eigenvalue weighted by atomic mass is 10.1. The van der Waals surface area contributed by atoms with Crippen LogP contribution < -0.4 is 10.1 Å². The summed E-state index contributed by atoms with van der Waals surface area (Å²) in [6, 6.07) is 16.6. The molecule has 0 bridgehead atoms. The number of carbonyl (C=O) groups excluding carboxylic acids is 2. The number of thiazole rings is 1. The number of anilines is 1. The molecule has 0 aliphatic heterocycles. The highest BCUT2D eigenvalue weighted by molar-refractivity contribution is 7.14. The zero-order valence-electron chi connectivity index (χ0n) is 17.3. The van der Waals surface area contributed by atoms with Gasteiger partial charge < -0.3 is 14.0 Å². The second-order valence-electron chi connectivity index (χ2n) is 6.72. The van der Waals surface area contributed by atoms with Gasteiger partial charge in [0.2, 0.25) is 0 Å². The van der Waals surface area contributed by atoms with Crippen LogP contribution in [0.1, 0.15) is 16.1 Å². The standard InChI is InChI=1S/C23H19N3O5S/c1-14-20(21(26-31-14)16-6-4-3-5-7-16)22(28)30-12-19(27)25-23-24-18(13-32-23)15-8-10-17(29-2)11-9-15/h3-11,13H,12H2,1-2H3,(H,24,25,27). The van der Waals surface area contributed by atoms with Crippen LogP contribution in [0.3, 0.4) is 0 Å². The molecule has 4 rings (SSSR count). The normalized spacial score (nSPS) is 10.6.